The summed E-state index contributed by atoms with van der Waals surface area (Å²) in [7, 11) is 0. The maximum atomic E-state index is 10.7. The molecule has 0 aliphatic carbocycles. The number of benzene rings is 3. The first-order chi connectivity index (χ1) is 14.0. The number of hydrogen-bond acceptors (Lipinski definition) is 3. The van der Waals surface area contributed by atoms with Crippen molar-refractivity contribution in [1.82, 2.24) is 0 Å². The molecule has 6 heteroatoms. The molecule has 3 nitrogen and oxygen atoms in total. The van der Waals surface area contributed by atoms with Gasteiger partial charge in [0.15, 0.2) is 6.61 Å². The monoisotopic (exact) mass is 488 g/mol. The minimum Gasteiger partial charge on any atom is -0.481 e. The van der Waals surface area contributed by atoms with Gasteiger partial charge in [-0.05, 0) is 63.0 Å². The van der Waals surface area contributed by atoms with Crippen LogP contribution in [0.5, 0.6) is 5.75 Å². The second-order valence-corrected chi connectivity index (χ2v) is 8.46. The lowest BCUT2D eigenvalue weighted by atomic mass is 9.98. The highest BCUT2D eigenvalue weighted by Crippen LogP contribution is 2.32. The van der Waals surface area contributed by atoms with Gasteiger partial charge >= 0.3 is 5.97 Å². The molecule has 0 fully saturated rings. The third kappa shape index (κ3) is 6.39. The van der Waals surface area contributed by atoms with Crippen LogP contribution in [0.4, 0.5) is 0 Å². The van der Waals surface area contributed by atoms with Gasteiger partial charge in [-0.15, -0.1) is 11.8 Å². The van der Waals surface area contributed by atoms with Crippen LogP contribution < -0.4 is 4.74 Å². The lowest BCUT2D eigenvalue weighted by Crippen LogP contribution is -2.09. The van der Waals surface area contributed by atoms with Crippen LogP contribution in [0.2, 0.25) is 5.02 Å². The van der Waals surface area contributed by atoms with Gasteiger partial charge in [-0.25, -0.2) is 4.79 Å². The summed E-state index contributed by atoms with van der Waals surface area (Å²) in [6, 6.07) is 23.7. The zero-order valence-electron chi connectivity index (χ0n) is 15.3. The van der Waals surface area contributed by atoms with Crippen molar-refractivity contribution in [3.63, 3.8) is 0 Å². The minimum absolute atomic E-state index is 0.367. The Hall–Kier alpha value is -2.21. The van der Waals surface area contributed by atoms with E-state index in [0.29, 0.717) is 10.8 Å². The largest absolute Gasteiger partial charge is 0.481 e. The van der Waals surface area contributed by atoms with Crippen LogP contribution in [0.25, 0.3) is 5.57 Å². The van der Waals surface area contributed by atoms with E-state index in [1.54, 1.807) is 17.8 Å². The van der Waals surface area contributed by atoms with Gasteiger partial charge in [0.1, 0.15) is 5.75 Å². The van der Waals surface area contributed by atoms with Crippen LogP contribution in [0, 0.1) is 0 Å². The van der Waals surface area contributed by atoms with E-state index in [1.807, 2.05) is 48.5 Å². The fraction of sp³-hybridized carbons (Fsp3) is 0.0870. The molecule has 148 valence electrons. The van der Waals surface area contributed by atoms with Gasteiger partial charge in [0.05, 0.1) is 4.47 Å². The summed E-state index contributed by atoms with van der Waals surface area (Å²) >= 11 is 11.3. The number of carbonyl (C=O) groups is 1. The van der Waals surface area contributed by atoms with Crippen LogP contribution in [-0.4, -0.2) is 23.4 Å². The Morgan fingerprint density at radius 2 is 1.79 bits per heavy atom. The van der Waals surface area contributed by atoms with Crippen LogP contribution in [-0.2, 0) is 4.79 Å². The molecular weight excluding hydrogens is 472 g/mol. The van der Waals surface area contributed by atoms with Crippen molar-refractivity contribution < 1.29 is 14.6 Å². The zero-order valence-corrected chi connectivity index (χ0v) is 18.5. The standard InChI is InChI=1S/C23H18BrClO3S/c24-21-14-19(9-10-22(21)28-15-23(26)27)29-12-11-20(16-5-2-1-3-6-16)17-7-4-8-18(25)13-17/h1-11,13-14H,12,15H2,(H,26,27). The molecule has 1 N–H and O–H groups in total. The molecule has 0 atom stereocenters. The third-order valence-corrected chi connectivity index (χ3v) is 5.79. The van der Waals surface area contributed by atoms with Crippen molar-refractivity contribution in [2.24, 2.45) is 0 Å². The average molecular weight is 490 g/mol. The highest BCUT2D eigenvalue weighted by Gasteiger charge is 2.07. The van der Waals surface area contributed by atoms with Crippen LogP contribution in [0.1, 0.15) is 11.1 Å². The van der Waals surface area contributed by atoms with E-state index < -0.39 is 5.97 Å². The van der Waals surface area contributed by atoms with E-state index >= 15 is 0 Å². The summed E-state index contributed by atoms with van der Waals surface area (Å²) < 4.78 is 5.97. The van der Waals surface area contributed by atoms with E-state index in [4.69, 9.17) is 21.4 Å². The maximum Gasteiger partial charge on any atom is 0.341 e. The second-order valence-electron chi connectivity index (χ2n) is 6.08. The summed E-state index contributed by atoms with van der Waals surface area (Å²) in [5, 5.41) is 9.44. The molecule has 29 heavy (non-hydrogen) atoms. The first-order valence-electron chi connectivity index (χ1n) is 8.81. The zero-order chi connectivity index (χ0) is 20.6. The predicted octanol–water partition coefficient (Wildman–Crippen LogP) is 6.79. The molecule has 3 aromatic carbocycles. The Bertz CT molecular complexity index is 1020. The minimum atomic E-state index is -1.00. The molecule has 0 radical (unpaired) electrons. The van der Waals surface area contributed by atoms with Gasteiger partial charge in [-0.2, -0.15) is 0 Å². The first kappa shape index (κ1) is 21.5. The highest BCUT2D eigenvalue weighted by molar-refractivity contribution is 9.10. The summed E-state index contributed by atoms with van der Waals surface area (Å²) in [6.45, 7) is -0.367. The molecule has 0 saturated carbocycles. The number of ether oxygens (including phenoxy) is 1. The van der Waals surface area contributed by atoms with E-state index in [2.05, 4.69) is 40.2 Å². The first-order valence-corrected chi connectivity index (χ1v) is 11.0. The molecular formula is C23H18BrClO3S. The highest BCUT2D eigenvalue weighted by atomic mass is 79.9. The number of carboxylic acids is 1. The second kappa shape index (κ2) is 10.5. The molecule has 0 bridgehead atoms. The van der Waals surface area contributed by atoms with E-state index in [1.165, 1.54) is 0 Å². The third-order valence-electron chi connectivity index (χ3n) is 4.01. The van der Waals surface area contributed by atoms with Crippen molar-refractivity contribution in [3.8, 4) is 5.75 Å². The fourth-order valence-electron chi connectivity index (χ4n) is 2.73. The smallest absolute Gasteiger partial charge is 0.341 e. The van der Waals surface area contributed by atoms with Crippen LogP contribution in [0.3, 0.4) is 0 Å². The summed E-state index contributed by atoms with van der Waals surface area (Å²) in [6.07, 6.45) is 2.19. The molecule has 0 saturated heterocycles. The van der Waals surface area contributed by atoms with Gasteiger partial charge in [-0.3, -0.25) is 0 Å². The Labute approximate surface area is 187 Å². The van der Waals surface area contributed by atoms with Crippen molar-refractivity contribution in [2.45, 2.75) is 4.90 Å². The van der Waals surface area contributed by atoms with Gasteiger partial charge < -0.3 is 9.84 Å². The SMILES string of the molecule is O=C(O)COc1ccc(SCC=C(c2ccccc2)c2cccc(Cl)c2)cc1Br. The molecule has 0 aliphatic rings. The quantitative estimate of drug-likeness (QED) is 0.354. The molecule has 0 heterocycles. The normalized spacial score (nSPS) is 11.3. The molecule has 0 spiro atoms. The summed E-state index contributed by atoms with van der Waals surface area (Å²) in [5.74, 6) is 0.268. The number of aliphatic carboxylic acids is 1. The van der Waals surface area contributed by atoms with Crippen molar-refractivity contribution in [3.05, 3.63) is 99.5 Å². The Morgan fingerprint density at radius 1 is 1.03 bits per heavy atom. The number of carboxylic acid groups (broad SMARTS) is 1. The van der Waals surface area contributed by atoms with Gasteiger partial charge in [0, 0.05) is 15.7 Å². The van der Waals surface area contributed by atoms with E-state index in [0.717, 1.165) is 31.8 Å². The Balaban J connectivity index is 1.76. The van der Waals surface area contributed by atoms with Crippen LogP contribution in [0.15, 0.2) is 88.2 Å². The molecule has 0 unspecified atom stereocenters. The summed E-state index contributed by atoms with van der Waals surface area (Å²) in [5.41, 5.74) is 3.33. The maximum absolute atomic E-state index is 10.7. The number of rotatable bonds is 8. The molecule has 0 aromatic heterocycles. The Morgan fingerprint density at radius 3 is 2.48 bits per heavy atom. The topological polar surface area (TPSA) is 46.5 Å². The number of hydrogen-bond donors (Lipinski definition) is 1. The van der Waals surface area contributed by atoms with E-state index in [-0.39, 0.29) is 6.61 Å². The molecule has 3 rings (SSSR count). The predicted molar refractivity (Wildman–Crippen MR) is 123 cm³/mol. The van der Waals surface area contributed by atoms with Crippen molar-refractivity contribution >= 4 is 50.8 Å². The number of halogens is 2. The van der Waals surface area contributed by atoms with Gasteiger partial charge in [0.25, 0.3) is 0 Å². The fourth-order valence-corrected chi connectivity index (χ4v) is 4.37. The lowest BCUT2D eigenvalue weighted by molar-refractivity contribution is -0.139. The Kier molecular flexibility index (Phi) is 7.81. The molecule has 0 amide bonds. The van der Waals surface area contributed by atoms with Crippen molar-refractivity contribution in [2.75, 3.05) is 12.4 Å². The molecule has 0 aliphatic heterocycles. The lowest BCUT2D eigenvalue weighted by Gasteiger charge is -2.10. The summed E-state index contributed by atoms with van der Waals surface area (Å²) in [4.78, 5) is 11.7. The molecule has 3 aromatic rings. The van der Waals surface area contributed by atoms with Crippen LogP contribution >= 0.6 is 39.3 Å². The van der Waals surface area contributed by atoms with E-state index in [9.17, 15) is 4.79 Å². The average Bonchev–Trinajstić information content (AvgIpc) is 2.71. The van der Waals surface area contributed by atoms with Gasteiger partial charge in [0.2, 0.25) is 0 Å². The van der Waals surface area contributed by atoms with Crippen molar-refractivity contribution in [1.29, 1.82) is 0 Å². The number of thioether (sulfide) groups is 1. The van der Waals surface area contributed by atoms with Gasteiger partial charge in [-0.1, -0.05) is 60.1 Å².